The van der Waals surface area contributed by atoms with Crippen LogP contribution in [-0.2, 0) is 10.0 Å². The van der Waals surface area contributed by atoms with E-state index in [0.29, 0.717) is 17.2 Å². The maximum absolute atomic E-state index is 11.9. The number of sulfonamides is 1. The van der Waals surface area contributed by atoms with Gasteiger partial charge in [0.05, 0.1) is 6.26 Å². The third-order valence-electron chi connectivity index (χ3n) is 2.81. The van der Waals surface area contributed by atoms with Crippen molar-refractivity contribution in [3.63, 3.8) is 0 Å². The molecule has 19 heavy (non-hydrogen) atoms. The third kappa shape index (κ3) is 5.30. The number of amides is 1. The summed E-state index contributed by atoms with van der Waals surface area (Å²) in [6, 6.07) is 6.40. The molecule has 1 rings (SSSR count). The van der Waals surface area contributed by atoms with Gasteiger partial charge in [-0.2, -0.15) is 0 Å². The average Bonchev–Trinajstić information content (AvgIpc) is 2.27. The van der Waals surface area contributed by atoms with E-state index in [9.17, 15) is 13.2 Å². The summed E-state index contributed by atoms with van der Waals surface area (Å²) in [7, 11) is -3.29. The highest BCUT2D eigenvalue weighted by Gasteiger charge is 2.12. The van der Waals surface area contributed by atoms with Gasteiger partial charge < -0.3 is 5.32 Å². The Morgan fingerprint density at radius 1 is 1.11 bits per heavy atom. The minimum Gasteiger partial charge on any atom is -0.349 e. The van der Waals surface area contributed by atoms with Crippen molar-refractivity contribution in [2.75, 3.05) is 11.0 Å². The lowest BCUT2D eigenvalue weighted by molar-refractivity contribution is 0.0930. The first-order valence-corrected chi connectivity index (χ1v) is 7.97. The molecule has 106 valence electrons. The molecule has 0 fully saturated rings. The molecule has 0 bridgehead atoms. The van der Waals surface area contributed by atoms with Gasteiger partial charge in [-0.25, -0.2) is 8.42 Å². The first-order chi connectivity index (χ1) is 8.69. The number of carbonyl (C=O) groups is 1. The number of carbonyl (C=O) groups excluding carboxylic acids is 1. The van der Waals surface area contributed by atoms with Gasteiger partial charge in [0.1, 0.15) is 0 Å². The van der Waals surface area contributed by atoms with Crippen LogP contribution < -0.4 is 10.0 Å². The Hall–Kier alpha value is -1.56. The Morgan fingerprint density at radius 2 is 1.63 bits per heavy atom. The molecule has 0 aliphatic carbocycles. The van der Waals surface area contributed by atoms with Gasteiger partial charge in [0.15, 0.2) is 0 Å². The number of rotatable bonds is 5. The van der Waals surface area contributed by atoms with Crippen molar-refractivity contribution in [3.8, 4) is 0 Å². The van der Waals surface area contributed by atoms with Crippen molar-refractivity contribution >= 4 is 21.6 Å². The highest BCUT2D eigenvalue weighted by molar-refractivity contribution is 7.92. The molecule has 0 aromatic heterocycles. The van der Waals surface area contributed by atoms with E-state index in [0.717, 1.165) is 6.26 Å². The summed E-state index contributed by atoms with van der Waals surface area (Å²) in [5.41, 5.74) is 0.947. The van der Waals surface area contributed by atoms with Crippen molar-refractivity contribution in [3.05, 3.63) is 29.8 Å². The molecule has 2 N–H and O–H groups in total. The first-order valence-electron chi connectivity index (χ1n) is 6.08. The Balaban J connectivity index is 2.74. The van der Waals surface area contributed by atoms with Crippen LogP contribution in [-0.4, -0.2) is 26.6 Å². The summed E-state index contributed by atoms with van der Waals surface area (Å²) >= 11 is 0. The predicted octanol–water partition coefficient (Wildman–Crippen LogP) is 1.83. The fourth-order valence-corrected chi connectivity index (χ4v) is 1.92. The molecule has 1 aromatic carbocycles. The zero-order valence-electron chi connectivity index (χ0n) is 11.6. The van der Waals surface area contributed by atoms with Crippen LogP contribution in [0.15, 0.2) is 24.3 Å². The largest absolute Gasteiger partial charge is 0.349 e. The zero-order valence-corrected chi connectivity index (χ0v) is 12.4. The first kappa shape index (κ1) is 15.5. The molecular formula is C13H20N2O3S. The molecule has 0 spiro atoms. The van der Waals surface area contributed by atoms with Gasteiger partial charge in [-0.1, -0.05) is 13.8 Å². The van der Waals surface area contributed by atoms with Crippen LogP contribution in [0.2, 0.25) is 0 Å². The number of hydrogen-bond acceptors (Lipinski definition) is 3. The molecule has 5 nitrogen and oxygen atoms in total. The molecule has 1 atom stereocenters. The van der Waals surface area contributed by atoms with E-state index in [1.165, 1.54) is 0 Å². The zero-order chi connectivity index (χ0) is 14.6. The molecule has 0 saturated heterocycles. The lowest BCUT2D eigenvalue weighted by atomic mass is 10.1. The van der Waals surface area contributed by atoms with Gasteiger partial charge in [-0.15, -0.1) is 0 Å². The van der Waals surface area contributed by atoms with Crippen LogP contribution in [0, 0.1) is 5.92 Å². The van der Waals surface area contributed by atoms with Crippen LogP contribution in [0.5, 0.6) is 0 Å². The molecule has 0 unspecified atom stereocenters. The van der Waals surface area contributed by atoms with Crippen molar-refractivity contribution in [1.82, 2.24) is 5.32 Å². The van der Waals surface area contributed by atoms with Crippen LogP contribution in [0.3, 0.4) is 0 Å². The summed E-state index contributed by atoms with van der Waals surface area (Å²) in [5, 5.41) is 2.89. The monoisotopic (exact) mass is 284 g/mol. The van der Waals surface area contributed by atoms with Crippen molar-refractivity contribution in [2.24, 2.45) is 5.92 Å². The molecule has 6 heteroatoms. The van der Waals surface area contributed by atoms with E-state index in [1.807, 2.05) is 20.8 Å². The third-order valence-corrected chi connectivity index (χ3v) is 3.42. The van der Waals surface area contributed by atoms with Crippen molar-refractivity contribution in [1.29, 1.82) is 0 Å². The molecule has 0 saturated carbocycles. The minimum atomic E-state index is -3.29. The van der Waals surface area contributed by atoms with Crippen LogP contribution in [0.1, 0.15) is 31.1 Å². The van der Waals surface area contributed by atoms with Gasteiger partial charge in [0, 0.05) is 17.3 Å². The van der Waals surface area contributed by atoms with Crippen LogP contribution in [0.25, 0.3) is 0 Å². The molecule has 0 heterocycles. The molecule has 1 aromatic rings. The highest BCUT2D eigenvalue weighted by Crippen LogP contribution is 2.11. The van der Waals surface area contributed by atoms with Crippen molar-refractivity contribution < 1.29 is 13.2 Å². The minimum absolute atomic E-state index is 0.0846. The van der Waals surface area contributed by atoms with E-state index >= 15 is 0 Å². The molecule has 0 aliphatic heterocycles. The summed E-state index contributed by atoms with van der Waals surface area (Å²) in [6.07, 6.45) is 1.08. The fourth-order valence-electron chi connectivity index (χ4n) is 1.36. The average molecular weight is 284 g/mol. The Morgan fingerprint density at radius 3 is 2.05 bits per heavy atom. The number of anilines is 1. The van der Waals surface area contributed by atoms with E-state index in [2.05, 4.69) is 10.0 Å². The van der Waals surface area contributed by atoms with E-state index in [1.54, 1.807) is 24.3 Å². The highest BCUT2D eigenvalue weighted by atomic mass is 32.2. The fraction of sp³-hybridized carbons (Fsp3) is 0.462. The lowest BCUT2D eigenvalue weighted by Crippen LogP contribution is -2.36. The second-order valence-electron chi connectivity index (χ2n) is 4.96. The summed E-state index contributed by atoms with van der Waals surface area (Å²) in [4.78, 5) is 11.9. The van der Waals surface area contributed by atoms with Crippen LogP contribution in [0.4, 0.5) is 5.69 Å². The second kappa shape index (κ2) is 6.06. The van der Waals surface area contributed by atoms with E-state index < -0.39 is 10.0 Å². The Bertz CT molecular complexity index is 536. The van der Waals surface area contributed by atoms with Gasteiger partial charge in [0.2, 0.25) is 10.0 Å². The lowest BCUT2D eigenvalue weighted by Gasteiger charge is -2.17. The van der Waals surface area contributed by atoms with E-state index in [-0.39, 0.29) is 11.9 Å². The molecular weight excluding hydrogens is 264 g/mol. The Labute approximate surface area is 114 Å². The molecule has 1 amide bonds. The summed E-state index contributed by atoms with van der Waals surface area (Å²) in [5.74, 6) is 0.197. The maximum atomic E-state index is 11.9. The summed E-state index contributed by atoms with van der Waals surface area (Å²) < 4.78 is 24.4. The molecule has 0 aliphatic rings. The second-order valence-corrected chi connectivity index (χ2v) is 6.71. The molecule has 0 radical (unpaired) electrons. The normalized spacial score (nSPS) is 13.1. The number of hydrogen-bond donors (Lipinski definition) is 2. The standard InChI is InChI=1S/C13H20N2O3S/c1-9(2)10(3)14-13(16)11-5-7-12(8-6-11)15-19(4,17)18/h5-10,15H,1-4H3,(H,14,16)/t10-/m0/s1. The number of benzene rings is 1. The van der Waals surface area contributed by atoms with E-state index in [4.69, 9.17) is 0 Å². The van der Waals surface area contributed by atoms with Gasteiger partial charge >= 0.3 is 0 Å². The predicted molar refractivity (Wildman–Crippen MR) is 76.7 cm³/mol. The Kier molecular flexibility index (Phi) is 4.94. The summed E-state index contributed by atoms with van der Waals surface area (Å²) in [6.45, 7) is 6.01. The maximum Gasteiger partial charge on any atom is 0.251 e. The SMILES string of the molecule is CC(C)[C@H](C)NC(=O)c1ccc(NS(C)(=O)=O)cc1. The topological polar surface area (TPSA) is 75.3 Å². The quantitative estimate of drug-likeness (QED) is 0.866. The number of nitrogens with one attached hydrogen (secondary N) is 2. The smallest absolute Gasteiger partial charge is 0.251 e. The van der Waals surface area contributed by atoms with Crippen LogP contribution >= 0.6 is 0 Å². The van der Waals surface area contributed by atoms with Gasteiger partial charge in [0.25, 0.3) is 5.91 Å². The van der Waals surface area contributed by atoms with Gasteiger partial charge in [-0.05, 0) is 37.1 Å². The van der Waals surface area contributed by atoms with Gasteiger partial charge in [-0.3, -0.25) is 9.52 Å². The van der Waals surface area contributed by atoms with Crippen molar-refractivity contribution in [2.45, 2.75) is 26.8 Å².